The number of para-hydroxylation sites is 2. The Labute approximate surface area is 369 Å². The Balaban J connectivity index is 1.08. The molecular weight excluding hydrogens is 779 g/mol. The van der Waals surface area contributed by atoms with Crippen molar-refractivity contribution in [3.8, 4) is 44.5 Å². The van der Waals surface area contributed by atoms with Crippen molar-refractivity contribution < 1.29 is 8.83 Å². The smallest absolute Gasteiger partial charge is 0.143 e. The van der Waals surface area contributed by atoms with Crippen LogP contribution >= 0.6 is 0 Å². The number of hydrogen-bond acceptors (Lipinski definition) is 3. The van der Waals surface area contributed by atoms with Gasteiger partial charge in [0.15, 0.2) is 0 Å². The average molecular weight is 816 g/mol. The Morgan fingerprint density at radius 2 is 0.891 bits per heavy atom. The lowest BCUT2D eigenvalue weighted by Gasteiger charge is -2.36. The maximum absolute atomic E-state index is 6.88. The van der Waals surface area contributed by atoms with E-state index < -0.39 is 5.41 Å². The first-order chi connectivity index (χ1) is 31.8. The van der Waals surface area contributed by atoms with E-state index in [0.717, 1.165) is 60.9 Å². The Kier molecular flexibility index (Phi) is 7.32. The number of fused-ring (bicyclic) bond motifs is 19. The van der Waals surface area contributed by atoms with Gasteiger partial charge < -0.3 is 13.7 Å². The third-order valence-corrected chi connectivity index (χ3v) is 13.9. The molecule has 0 aliphatic heterocycles. The van der Waals surface area contributed by atoms with Crippen molar-refractivity contribution in [1.82, 2.24) is 0 Å². The highest BCUT2D eigenvalue weighted by atomic mass is 16.3. The van der Waals surface area contributed by atoms with Crippen molar-refractivity contribution in [1.29, 1.82) is 0 Å². The zero-order valence-electron chi connectivity index (χ0n) is 34.6. The maximum Gasteiger partial charge on any atom is 0.143 e. The minimum Gasteiger partial charge on any atom is -0.456 e. The van der Waals surface area contributed by atoms with Gasteiger partial charge in [0, 0.05) is 33.1 Å². The lowest BCUT2D eigenvalue weighted by Crippen LogP contribution is -2.29. The molecule has 1 atom stereocenters. The molecule has 0 saturated carbocycles. The van der Waals surface area contributed by atoms with Crippen LogP contribution in [0, 0.1) is 0 Å². The van der Waals surface area contributed by atoms with Gasteiger partial charge >= 0.3 is 0 Å². The number of benzene rings is 10. The number of rotatable bonds is 4. The molecule has 10 aromatic carbocycles. The van der Waals surface area contributed by atoms with Crippen LogP contribution in [0.15, 0.2) is 233 Å². The monoisotopic (exact) mass is 815 g/mol. The van der Waals surface area contributed by atoms with Crippen LogP contribution in [0.3, 0.4) is 0 Å². The molecule has 2 aliphatic rings. The fourth-order valence-electron chi connectivity index (χ4n) is 11.3. The van der Waals surface area contributed by atoms with Gasteiger partial charge in [-0.15, -0.1) is 0 Å². The van der Waals surface area contributed by atoms with Gasteiger partial charge in [-0.25, -0.2) is 0 Å². The minimum atomic E-state index is -0.661. The molecule has 3 nitrogen and oxygen atoms in total. The van der Waals surface area contributed by atoms with Gasteiger partial charge in [0.1, 0.15) is 22.3 Å². The molecule has 2 aromatic heterocycles. The molecule has 2 aliphatic carbocycles. The lowest BCUT2D eigenvalue weighted by atomic mass is 9.66. The van der Waals surface area contributed by atoms with Crippen molar-refractivity contribution in [2.75, 3.05) is 4.90 Å². The third kappa shape index (κ3) is 4.76. The van der Waals surface area contributed by atoms with E-state index in [9.17, 15) is 0 Å². The normalized spacial score (nSPS) is 14.6. The van der Waals surface area contributed by atoms with Crippen molar-refractivity contribution >= 4 is 60.9 Å². The predicted octanol–water partition coefficient (Wildman–Crippen LogP) is 16.6. The molecule has 12 aromatic rings. The SMILES string of the molecule is c1ccc(-c2ccc(N(c3ccc4c(c3)-c3ccccc3-c3ccccc3C43c4ccccc4-c4c3ccc3c4oc4ccccc43)c3cccc4oc5ccccc5c34)cc2)cc1. The standard InChI is InChI=1S/C61H37NO2/c1-2-15-38(16-3-1)39-29-31-40(32-30-39)62(54-25-14-28-57-59(54)48-22-9-13-27-56(48)63-57)41-33-35-52-49(37-41)43-18-5-4-17-42(43)44-19-6-10-23-50(44)61(52)51-24-11-7-21-47(51)58-53(61)36-34-46-45-20-8-12-26-55(45)64-60(46)58/h1-37H. The Bertz CT molecular complexity index is 3860. The zero-order valence-corrected chi connectivity index (χ0v) is 34.6. The first kappa shape index (κ1) is 35.2. The number of nitrogens with zero attached hydrogens (tertiary/aromatic N) is 1. The van der Waals surface area contributed by atoms with Gasteiger partial charge in [0.25, 0.3) is 0 Å². The Hall–Kier alpha value is -8.40. The first-order valence-corrected chi connectivity index (χ1v) is 22.0. The second-order valence-electron chi connectivity index (χ2n) is 17.1. The van der Waals surface area contributed by atoms with E-state index >= 15 is 0 Å². The van der Waals surface area contributed by atoms with Gasteiger partial charge in [-0.2, -0.15) is 0 Å². The van der Waals surface area contributed by atoms with Crippen molar-refractivity contribution in [3.05, 3.63) is 247 Å². The molecule has 2 heterocycles. The Morgan fingerprint density at radius 3 is 1.69 bits per heavy atom. The summed E-state index contributed by atoms with van der Waals surface area (Å²) >= 11 is 0. The van der Waals surface area contributed by atoms with Gasteiger partial charge in [-0.3, -0.25) is 0 Å². The molecular formula is C61H37NO2. The van der Waals surface area contributed by atoms with E-state index in [1.54, 1.807) is 0 Å². The highest BCUT2D eigenvalue weighted by Gasteiger charge is 2.50. The maximum atomic E-state index is 6.88. The van der Waals surface area contributed by atoms with E-state index in [1.807, 2.05) is 6.07 Å². The van der Waals surface area contributed by atoms with Crippen LogP contribution in [-0.4, -0.2) is 0 Å². The molecule has 1 unspecified atom stereocenters. The molecule has 0 fully saturated rings. The Morgan fingerprint density at radius 1 is 0.328 bits per heavy atom. The summed E-state index contributed by atoms with van der Waals surface area (Å²) in [4.78, 5) is 2.42. The van der Waals surface area contributed by atoms with Crippen molar-refractivity contribution in [3.63, 3.8) is 0 Å². The number of hydrogen-bond donors (Lipinski definition) is 0. The quantitative estimate of drug-likeness (QED) is 0.177. The highest BCUT2D eigenvalue weighted by Crippen LogP contribution is 2.63. The lowest BCUT2D eigenvalue weighted by molar-refractivity contribution is 0.668. The van der Waals surface area contributed by atoms with E-state index in [1.165, 1.54) is 66.8 Å². The van der Waals surface area contributed by atoms with Crippen LogP contribution in [0.4, 0.5) is 17.1 Å². The molecule has 0 amide bonds. The summed E-state index contributed by atoms with van der Waals surface area (Å²) < 4.78 is 13.4. The highest BCUT2D eigenvalue weighted by molar-refractivity contribution is 6.15. The fourth-order valence-corrected chi connectivity index (χ4v) is 11.3. The van der Waals surface area contributed by atoms with E-state index in [-0.39, 0.29) is 0 Å². The summed E-state index contributed by atoms with van der Waals surface area (Å²) in [5.74, 6) is 0. The summed E-state index contributed by atoms with van der Waals surface area (Å²) in [5.41, 5.74) is 20.6. The fraction of sp³-hybridized carbons (Fsp3) is 0.0164. The molecule has 3 heteroatoms. The minimum absolute atomic E-state index is 0.661. The summed E-state index contributed by atoms with van der Waals surface area (Å²) in [6.07, 6.45) is 0. The van der Waals surface area contributed by atoms with Crippen LogP contribution < -0.4 is 4.90 Å². The van der Waals surface area contributed by atoms with Crippen LogP contribution in [0.2, 0.25) is 0 Å². The second-order valence-corrected chi connectivity index (χ2v) is 17.1. The summed E-state index contributed by atoms with van der Waals surface area (Å²) in [6.45, 7) is 0. The van der Waals surface area contributed by atoms with Crippen molar-refractivity contribution in [2.45, 2.75) is 5.41 Å². The molecule has 1 spiro atoms. The van der Waals surface area contributed by atoms with Crippen molar-refractivity contribution in [2.24, 2.45) is 0 Å². The van der Waals surface area contributed by atoms with E-state index in [4.69, 9.17) is 8.83 Å². The molecule has 0 N–H and O–H groups in total. The van der Waals surface area contributed by atoms with Gasteiger partial charge in [-0.05, 0) is 110 Å². The number of furan rings is 2. The summed E-state index contributed by atoms with van der Waals surface area (Å²) in [6, 6.07) is 81.7. The predicted molar refractivity (Wildman–Crippen MR) is 263 cm³/mol. The van der Waals surface area contributed by atoms with E-state index in [2.05, 4.69) is 223 Å². The number of anilines is 3. The van der Waals surface area contributed by atoms with Gasteiger partial charge in [0.2, 0.25) is 0 Å². The first-order valence-electron chi connectivity index (χ1n) is 22.0. The average Bonchev–Trinajstić information content (AvgIpc) is 4.01. The van der Waals surface area contributed by atoms with E-state index in [0.29, 0.717) is 0 Å². The molecule has 0 bridgehead atoms. The van der Waals surface area contributed by atoms with Gasteiger partial charge in [0.05, 0.1) is 16.5 Å². The molecule has 14 rings (SSSR count). The second kappa shape index (κ2) is 13.3. The van der Waals surface area contributed by atoms with Crippen LogP contribution in [-0.2, 0) is 5.41 Å². The van der Waals surface area contributed by atoms with Crippen LogP contribution in [0.25, 0.3) is 88.4 Å². The molecule has 0 saturated heterocycles. The van der Waals surface area contributed by atoms with Crippen LogP contribution in [0.5, 0.6) is 0 Å². The molecule has 64 heavy (non-hydrogen) atoms. The topological polar surface area (TPSA) is 29.5 Å². The largest absolute Gasteiger partial charge is 0.456 e. The van der Waals surface area contributed by atoms with Gasteiger partial charge in [-0.1, -0.05) is 176 Å². The molecule has 298 valence electrons. The zero-order chi connectivity index (χ0) is 41.9. The third-order valence-electron chi connectivity index (χ3n) is 13.9. The van der Waals surface area contributed by atoms with Crippen LogP contribution in [0.1, 0.15) is 22.3 Å². The summed E-state index contributed by atoms with van der Waals surface area (Å²) in [7, 11) is 0. The molecule has 0 radical (unpaired) electrons. The summed E-state index contributed by atoms with van der Waals surface area (Å²) in [5, 5.41) is 4.44.